The van der Waals surface area contributed by atoms with Crippen molar-refractivity contribution < 1.29 is 23.9 Å². The molecule has 160 valence electrons. The van der Waals surface area contributed by atoms with Crippen LogP contribution in [0.3, 0.4) is 0 Å². The smallest absolute Gasteiger partial charge is 0.308 e. The maximum absolute atomic E-state index is 13.5. The summed E-state index contributed by atoms with van der Waals surface area (Å²) in [4.78, 5) is 54.3. The van der Waals surface area contributed by atoms with E-state index in [1.54, 1.807) is 29.2 Å². The number of rotatable bonds is 5. The molecule has 4 rings (SSSR count). The number of ether oxygens (including phenoxy) is 1. The highest BCUT2D eigenvalue weighted by Gasteiger charge is 2.44. The van der Waals surface area contributed by atoms with Gasteiger partial charge in [0, 0.05) is 19.5 Å². The number of amides is 3. The maximum atomic E-state index is 13.5. The number of nitrogens with zero attached hydrogens (tertiary/aromatic N) is 2. The van der Waals surface area contributed by atoms with Crippen molar-refractivity contribution in [3.05, 3.63) is 71.3 Å². The third kappa shape index (κ3) is 3.95. The number of esters is 1. The largest absolute Gasteiger partial charge is 0.469 e. The highest BCUT2D eigenvalue weighted by atomic mass is 16.5. The Kier molecular flexibility index (Phi) is 5.84. The van der Waals surface area contributed by atoms with Crippen LogP contribution in [-0.2, 0) is 20.7 Å². The number of imide groups is 1. The Hall–Kier alpha value is -3.48. The van der Waals surface area contributed by atoms with Crippen LogP contribution in [-0.4, -0.2) is 59.7 Å². The molecule has 2 aromatic carbocycles. The molecule has 1 fully saturated rings. The summed E-state index contributed by atoms with van der Waals surface area (Å²) >= 11 is 0. The van der Waals surface area contributed by atoms with Crippen LogP contribution in [0.1, 0.15) is 39.1 Å². The van der Waals surface area contributed by atoms with Crippen LogP contribution in [0.15, 0.2) is 54.6 Å². The predicted octanol–water partition coefficient (Wildman–Crippen LogP) is 2.31. The lowest BCUT2D eigenvalue weighted by Crippen LogP contribution is -2.54. The topological polar surface area (TPSA) is 84.0 Å². The first-order valence-corrected chi connectivity index (χ1v) is 10.4. The average Bonchev–Trinajstić information content (AvgIpc) is 3.07. The summed E-state index contributed by atoms with van der Waals surface area (Å²) in [5.74, 6) is -1.67. The van der Waals surface area contributed by atoms with Gasteiger partial charge in [0.2, 0.25) is 5.91 Å². The second-order valence-electron chi connectivity index (χ2n) is 7.85. The predicted molar refractivity (Wildman–Crippen MR) is 112 cm³/mol. The zero-order valence-electron chi connectivity index (χ0n) is 17.3. The van der Waals surface area contributed by atoms with Crippen molar-refractivity contribution in [3.63, 3.8) is 0 Å². The van der Waals surface area contributed by atoms with E-state index in [1.165, 1.54) is 7.11 Å². The summed E-state index contributed by atoms with van der Waals surface area (Å²) in [7, 11) is 1.36. The van der Waals surface area contributed by atoms with E-state index in [0.717, 1.165) is 10.5 Å². The standard InChI is InChI=1S/C24H24N2O5/c1-31-24(30)17-11-13-25(14-12-17)23(29)20(15-16-7-3-2-4-8-16)26-21(27)18-9-5-6-10-19(18)22(26)28/h2-10,17,20H,11-15H2,1H3/t20-/m0/s1. The Balaban J connectivity index is 1.60. The molecule has 0 aromatic heterocycles. The molecule has 31 heavy (non-hydrogen) atoms. The molecule has 1 saturated heterocycles. The van der Waals surface area contributed by atoms with Gasteiger partial charge in [-0.15, -0.1) is 0 Å². The molecule has 0 spiro atoms. The van der Waals surface area contributed by atoms with Gasteiger partial charge in [0.05, 0.1) is 24.2 Å². The van der Waals surface area contributed by atoms with Crippen molar-refractivity contribution in [2.24, 2.45) is 5.92 Å². The van der Waals surface area contributed by atoms with E-state index in [0.29, 0.717) is 37.1 Å². The number of methoxy groups -OCH3 is 1. The van der Waals surface area contributed by atoms with Crippen LogP contribution in [0.4, 0.5) is 0 Å². The Labute approximate surface area is 180 Å². The molecule has 7 nitrogen and oxygen atoms in total. The summed E-state index contributed by atoms with van der Waals surface area (Å²) in [5.41, 5.74) is 1.51. The van der Waals surface area contributed by atoms with E-state index in [1.807, 2.05) is 30.3 Å². The van der Waals surface area contributed by atoms with Crippen LogP contribution in [0.5, 0.6) is 0 Å². The Bertz CT molecular complexity index is 977. The van der Waals surface area contributed by atoms with E-state index in [4.69, 9.17) is 4.74 Å². The van der Waals surface area contributed by atoms with Gasteiger partial charge in [0.1, 0.15) is 6.04 Å². The highest BCUT2D eigenvalue weighted by molar-refractivity contribution is 6.22. The summed E-state index contributed by atoms with van der Waals surface area (Å²) < 4.78 is 4.82. The molecule has 3 amide bonds. The lowest BCUT2D eigenvalue weighted by atomic mass is 9.95. The summed E-state index contributed by atoms with van der Waals surface area (Å²) in [6, 6.07) is 15.1. The molecule has 0 radical (unpaired) electrons. The normalized spacial score (nSPS) is 17.5. The summed E-state index contributed by atoms with van der Waals surface area (Å²) in [6.07, 6.45) is 1.24. The Morgan fingerprint density at radius 1 is 0.935 bits per heavy atom. The Morgan fingerprint density at radius 3 is 2.03 bits per heavy atom. The van der Waals surface area contributed by atoms with Crippen LogP contribution < -0.4 is 0 Å². The molecule has 2 aliphatic rings. The third-order valence-electron chi connectivity index (χ3n) is 6.04. The molecule has 0 unspecified atom stereocenters. The number of piperidine rings is 1. The molecule has 1 atom stereocenters. The fourth-order valence-corrected chi connectivity index (χ4v) is 4.33. The second kappa shape index (κ2) is 8.71. The number of hydrogen-bond acceptors (Lipinski definition) is 5. The van der Waals surface area contributed by atoms with Crippen LogP contribution in [0, 0.1) is 5.92 Å². The van der Waals surface area contributed by atoms with E-state index < -0.39 is 17.9 Å². The zero-order chi connectivity index (χ0) is 22.0. The quantitative estimate of drug-likeness (QED) is 0.548. The van der Waals surface area contributed by atoms with E-state index >= 15 is 0 Å². The van der Waals surface area contributed by atoms with Gasteiger partial charge in [0.25, 0.3) is 11.8 Å². The van der Waals surface area contributed by atoms with E-state index in [-0.39, 0.29) is 24.2 Å². The molecule has 7 heteroatoms. The van der Waals surface area contributed by atoms with Gasteiger partial charge in [-0.1, -0.05) is 42.5 Å². The molecule has 2 heterocycles. The SMILES string of the molecule is COC(=O)C1CCN(C(=O)[C@H](Cc2ccccc2)N2C(=O)c3ccccc3C2=O)CC1. The fraction of sp³-hybridized carbons (Fsp3) is 0.333. The molecule has 0 saturated carbocycles. The zero-order valence-corrected chi connectivity index (χ0v) is 17.3. The minimum absolute atomic E-state index is 0.235. The minimum Gasteiger partial charge on any atom is -0.469 e. The van der Waals surface area contributed by atoms with Gasteiger partial charge in [-0.2, -0.15) is 0 Å². The lowest BCUT2D eigenvalue weighted by Gasteiger charge is -2.35. The van der Waals surface area contributed by atoms with Crippen molar-refractivity contribution in [1.82, 2.24) is 9.80 Å². The van der Waals surface area contributed by atoms with Gasteiger partial charge < -0.3 is 9.64 Å². The minimum atomic E-state index is -0.940. The van der Waals surface area contributed by atoms with Crippen molar-refractivity contribution in [1.29, 1.82) is 0 Å². The number of hydrogen-bond donors (Lipinski definition) is 0. The molecule has 2 aliphatic heterocycles. The van der Waals surface area contributed by atoms with Crippen LogP contribution in [0.2, 0.25) is 0 Å². The van der Waals surface area contributed by atoms with E-state index in [9.17, 15) is 19.2 Å². The molecule has 0 N–H and O–H groups in total. The lowest BCUT2D eigenvalue weighted by molar-refractivity contribution is -0.149. The fourth-order valence-electron chi connectivity index (χ4n) is 4.33. The Morgan fingerprint density at radius 2 is 1.48 bits per heavy atom. The van der Waals surface area contributed by atoms with Crippen molar-refractivity contribution >= 4 is 23.7 Å². The van der Waals surface area contributed by atoms with Gasteiger partial charge in [-0.25, -0.2) is 0 Å². The van der Waals surface area contributed by atoms with E-state index in [2.05, 4.69) is 0 Å². The van der Waals surface area contributed by atoms with Gasteiger partial charge in [0.15, 0.2) is 0 Å². The maximum Gasteiger partial charge on any atom is 0.308 e. The molecular formula is C24H24N2O5. The van der Waals surface area contributed by atoms with Crippen molar-refractivity contribution in [2.75, 3.05) is 20.2 Å². The second-order valence-corrected chi connectivity index (χ2v) is 7.85. The third-order valence-corrected chi connectivity index (χ3v) is 6.04. The average molecular weight is 420 g/mol. The first kappa shape index (κ1) is 20.8. The molecule has 0 bridgehead atoms. The van der Waals surface area contributed by atoms with Gasteiger partial charge in [-0.3, -0.25) is 24.1 Å². The van der Waals surface area contributed by atoms with Gasteiger partial charge >= 0.3 is 5.97 Å². The van der Waals surface area contributed by atoms with Crippen molar-refractivity contribution in [2.45, 2.75) is 25.3 Å². The monoisotopic (exact) mass is 420 g/mol. The number of benzene rings is 2. The number of likely N-dealkylation sites (tertiary alicyclic amines) is 1. The molecular weight excluding hydrogens is 396 g/mol. The summed E-state index contributed by atoms with van der Waals surface area (Å²) in [5, 5.41) is 0. The number of carbonyl (C=O) groups excluding carboxylic acids is 4. The van der Waals surface area contributed by atoms with Gasteiger partial charge in [-0.05, 0) is 30.5 Å². The van der Waals surface area contributed by atoms with Crippen LogP contribution in [0.25, 0.3) is 0 Å². The van der Waals surface area contributed by atoms with Crippen LogP contribution >= 0.6 is 0 Å². The molecule has 2 aromatic rings. The summed E-state index contributed by atoms with van der Waals surface area (Å²) in [6.45, 7) is 0.764. The highest BCUT2D eigenvalue weighted by Crippen LogP contribution is 2.28. The first-order chi connectivity index (χ1) is 15.0. The number of carbonyl (C=O) groups is 4. The first-order valence-electron chi connectivity index (χ1n) is 10.4. The molecule has 0 aliphatic carbocycles. The number of fused-ring (bicyclic) bond motifs is 1. The van der Waals surface area contributed by atoms with Crippen molar-refractivity contribution in [3.8, 4) is 0 Å².